The Morgan fingerprint density at radius 2 is 1.70 bits per heavy atom. The number of piperazine rings is 1. The van der Waals surface area contributed by atoms with Crippen LogP contribution in [-0.2, 0) is 28.9 Å². The number of carbonyl (C=O) groups excluding carboxylic acids is 3. The molecule has 10 nitrogen and oxygen atoms in total. The van der Waals surface area contributed by atoms with Crippen LogP contribution in [0, 0.1) is 5.92 Å². The number of aromatic nitrogens is 1. The lowest BCUT2D eigenvalue weighted by molar-refractivity contribution is -0.142. The lowest BCUT2D eigenvalue weighted by Crippen LogP contribution is -2.52. The number of amides is 4. The van der Waals surface area contributed by atoms with Gasteiger partial charge in [0.25, 0.3) is 0 Å². The number of nitrogen functional groups attached to an aromatic ring is 1. The number of urea groups is 1. The standard InChI is InChI=1S/C36H44ClN7O3/c1-2-26-21-25(23-31(37)34(26)38)22-28(35(46)43-19-17-41(18-20-43)29-7-12-39-13-8-29)24-33(45)42-14-10-30(11-15-42)44-16-9-27-5-3-4-6-32(27)40-36(44)47/h3-8,12-13,21,23,28,30H,2,9-11,14-20,22,24,38H2,1H3,(H,40,47)/t28-/m0/s1. The van der Waals surface area contributed by atoms with Gasteiger partial charge < -0.3 is 30.7 Å². The molecule has 3 aromatic rings. The van der Waals surface area contributed by atoms with Crippen LogP contribution >= 0.6 is 11.6 Å². The number of likely N-dealkylation sites (tertiary alicyclic amines) is 1. The molecule has 0 aliphatic carbocycles. The van der Waals surface area contributed by atoms with E-state index in [1.165, 1.54) is 0 Å². The second kappa shape index (κ2) is 14.6. The first-order valence-corrected chi connectivity index (χ1v) is 17.1. The van der Waals surface area contributed by atoms with Crippen molar-refractivity contribution in [1.82, 2.24) is 19.7 Å². The molecule has 0 saturated carbocycles. The van der Waals surface area contributed by atoms with Gasteiger partial charge in [0.05, 0.1) is 16.6 Å². The van der Waals surface area contributed by atoms with Crippen LogP contribution in [0.15, 0.2) is 60.9 Å². The molecule has 2 saturated heterocycles. The lowest BCUT2D eigenvalue weighted by atomic mass is 9.91. The number of para-hydroxylation sites is 1. The fourth-order valence-corrected chi connectivity index (χ4v) is 7.44. The zero-order valence-corrected chi connectivity index (χ0v) is 27.8. The predicted octanol–water partition coefficient (Wildman–Crippen LogP) is 4.86. The van der Waals surface area contributed by atoms with Crippen molar-refractivity contribution in [2.45, 2.75) is 51.5 Å². The van der Waals surface area contributed by atoms with E-state index in [-0.39, 0.29) is 30.3 Å². The van der Waals surface area contributed by atoms with E-state index in [9.17, 15) is 14.4 Å². The highest BCUT2D eigenvalue weighted by atomic mass is 35.5. The summed E-state index contributed by atoms with van der Waals surface area (Å²) in [5, 5.41) is 3.54. The van der Waals surface area contributed by atoms with Gasteiger partial charge in [-0.15, -0.1) is 0 Å². The first kappa shape index (κ1) is 32.6. The number of fused-ring (bicyclic) bond motifs is 1. The van der Waals surface area contributed by atoms with Crippen molar-refractivity contribution in [3.05, 3.63) is 82.6 Å². The zero-order chi connectivity index (χ0) is 32.9. The first-order chi connectivity index (χ1) is 22.8. The van der Waals surface area contributed by atoms with Crippen molar-refractivity contribution in [3.8, 4) is 0 Å². The van der Waals surface area contributed by atoms with Crippen LogP contribution in [0.1, 0.15) is 42.9 Å². The van der Waals surface area contributed by atoms with Crippen LogP contribution in [0.4, 0.5) is 21.9 Å². The number of aryl methyl sites for hydroxylation is 1. The number of hydrogen-bond donors (Lipinski definition) is 2. The molecule has 3 N–H and O–H groups in total. The monoisotopic (exact) mass is 657 g/mol. The molecule has 47 heavy (non-hydrogen) atoms. The number of nitrogens with two attached hydrogens (primary N) is 1. The van der Waals surface area contributed by atoms with Crippen LogP contribution < -0.4 is 16.0 Å². The normalized spacial score (nSPS) is 18.0. The number of piperidine rings is 1. The summed E-state index contributed by atoms with van der Waals surface area (Å²) in [7, 11) is 0. The van der Waals surface area contributed by atoms with E-state index < -0.39 is 5.92 Å². The van der Waals surface area contributed by atoms with Gasteiger partial charge in [0.2, 0.25) is 11.8 Å². The number of nitrogens with one attached hydrogen (secondary N) is 1. The molecular formula is C36H44ClN7O3. The summed E-state index contributed by atoms with van der Waals surface area (Å²) in [6.07, 6.45) is 7.03. The largest absolute Gasteiger partial charge is 0.397 e. The molecule has 3 aliphatic rings. The van der Waals surface area contributed by atoms with Crippen molar-refractivity contribution in [3.63, 3.8) is 0 Å². The number of benzene rings is 2. The molecule has 4 heterocycles. The maximum Gasteiger partial charge on any atom is 0.322 e. The van der Waals surface area contributed by atoms with E-state index in [1.54, 1.807) is 12.4 Å². The van der Waals surface area contributed by atoms with Gasteiger partial charge in [-0.05, 0) is 73.1 Å². The van der Waals surface area contributed by atoms with E-state index in [0.29, 0.717) is 75.8 Å². The third kappa shape index (κ3) is 7.48. The zero-order valence-electron chi connectivity index (χ0n) is 27.0. The quantitative estimate of drug-likeness (QED) is 0.335. The number of nitrogens with zero attached hydrogens (tertiary/aromatic N) is 5. The highest BCUT2D eigenvalue weighted by Gasteiger charge is 2.34. The summed E-state index contributed by atoms with van der Waals surface area (Å²) in [5.41, 5.74) is 11.7. The average Bonchev–Trinajstić information content (AvgIpc) is 3.27. The van der Waals surface area contributed by atoms with Gasteiger partial charge in [0.1, 0.15) is 0 Å². The Hall–Kier alpha value is -4.31. The molecule has 0 unspecified atom stereocenters. The van der Waals surface area contributed by atoms with Gasteiger partial charge >= 0.3 is 6.03 Å². The highest BCUT2D eigenvalue weighted by molar-refractivity contribution is 6.33. The predicted molar refractivity (Wildman–Crippen MR) is 186 cm³/mol. The Labute approximate surface area is 281 Å². The SMILES string of the molecule is CCc1cc(C[C@@H](CC(=O)N2CCC(N3CCc4ccccc4NC3=O)CC2)C(=O)N2CCN(c3ccncc3)CC2)cc(Cl)c1N. The molecule has 0 radical (unpaired) electrons. The summed E-state index contributed by atoms with van der Waals surface area (Å²) in [6.45, 7) is 6.39. The molecule has 248 valence electrons. The molecule has 3 aliphatic heterocycles. The minimum absolute atomic E-state index is 0.00517. The van der Waals surface area contributed by atoms with Crippen molar-refractivity contribution in [2.24, 2.45) is 5.92 Å². The molecule has 0 bridgehead atoms. The van der Waals surface area contributed by atoms with Gasteiger partial charge in [0, 0.05) is 82.0 Å². The Balaban J connectivity index is 1.11. The third-order valence-electron chi connectivity index (χ3n) is 9.93. The van der Waals surface area contributed by atoms with Crippen molar-refractivity contribution < 1.29 is 14.4 Å². The Bertz CT molecular complexity index is 1590. The van der Waals surface area contributed by atoms with Crippen LogP contribution in [0.25, 0.3) is 0 Å². The fourth-order valence-electron chi connectivity index (χ4n) is 7.18. The summed E-state index contributed by atoms with van der Waals surface area (Å²) < 4.78 is 0. The van der Waals surface area contributed by atoms with Crippen molar-refractivity contribution in [1.29, 1.82) is 0 Å². The van der Waals surface area contributed by atoms with Crippen LogP contribution in [0.3, 0.4) is 0 Å². The molecule has 4 amide bonds. The van der Waals surface area contributed by atoms with Crippen LogP contribution in [0.2, 0.25) is 5.02 Å². The molecule has 0 spiro atoms. The molecule has 6 rings (SSSR count). The van der Waals surface area contributed by atoms with Gasteiger partial charge in [-0.25, -0.2) is 4.79 Å². The number of halogens is 1. The Morgan fingerprint density at radius 3 is 2.43 bits per heavy atom. The molecule has 1 aromatic heterocycles. The Kier molecular flexibility index (Phi) is 10.2. The van der Waals surface area contributed by atoms with Gasteiger partial charge in [-0.3, -0.25) is 14.6 Å². The first-order valence-electron chi connectivity index (χ1n) is 16.7. The average molecular weight is 658 g/mol. The van der Waals surface area contributed by atoms with E-state index in [2.05, 4.69) is 21.3 Å². The maximum absolute atomic E-state index is 14.1. The Morgan fingerprint density at radius 1 is 0.979 bits per heavy atom. The summed E-state index contributed by atoms with van der Waals surface area (Å²) in [6, 6.07) is 15.7. The third-order valence-corrected chi connectivity index (χ3v) is 10.2. The van der Waals surface area contributed by atoms with Crippen molar-refractivity contribution in [2.75, 3.05) is 61.8 Å². The van der Waals surface area contributed by atoms with Crippen LogP contribution in [-0.4, -0.2) is 89.4 Å². The van der Waals surface area contributed by atoms with Gasteiger partial charge in [-0.2, -0.15) is 0 Å². The molecule has 2 aromatic carbocycles. The van der Waals surface area contributed by atoms with E-state index >= 15 is 0 Å². The van der Waals surface area contributed by atoms with Crippen LogP contribution in [0.5, 0.6) is 0 Å². The molecular weight excluding hydrogens is 614 g/mol. The van der Waals surface area contributed by atoms with Gasteiger partial charge in [0.15, 0.2) is 0 Å². The molecule has 1 atom stereocenters. The van der Waals surface area contributed by atoms with E-state index in [4.69, 9.17) is 17.3 Å². The number of rotatable bonds is 8. The smallest absolute Gasteiger partial charge is 0.322 e. The second-order valence-corrected chi connectivity index (χ2v) is 13.2. The number of anilines is 3. The minimum Gasteiger partial charge on any atom is -0.397 e. The van der Waals surface area contributed by atoms with Crippen molar-refractivity contribution >= 4 is 46.5 Å². The maximum atomic E-state index is 14.1. The van der Waals surface area contributed by atoms with Gasteiger partial charge in [-0.1, -0.05) is 42.8 Å². The topological polar surface area (TPSA) is 115 Å². The van der Waals surface area contributed by atoms with E-state index in [1.807, 2.05) is 64.1 Å². The van der Waals surface area contributed by atoms with E-state index in [0.717, 1.165) is 40.9 Å². The highest BCUT2D eigenvalue weighted by Crippen LogP contribution is 2.29. The number of carbonyl (C=O) groups is 3. The summed E-state index contributed by atoms with van der Waals surface area (Å²) >= 11 is 6.50. The fraction of sp³-hybridized carbons (Fsp3) is 0.444. The molecule has 11 heteroatoms. The minimum atomic E-state index is -0.521. The number of pyridine rings is 1. The second-order valence-electron chi connectivity index (χ2n) is 12.8. The molecule has 2 fully saturated rings. The number of hydrogen-bond acceptors (Lipinski definition) is 6. The summed E-state index contributed by atoms with van der Waals surface area (Å²) in [5.74, 6) is -0.552. The summed E-state index contributed by atoms with van der Waals surface area (Å²) in [4.78, 5) is 53.1. The lowest BCUT2D eigenvalue weighted by Gasteiger charge is -2.39.